The third-order valence-corrected chi connectivity index (χ3v) is 3.49. The van der Waals surface area contributed by atoms with Crippen molar-refractivity contribution in [3.63, 3.8) is 0 Å². The van der Waals surface area contributed by atoms with Crippen LogP contribution in [0.3, 0.4) is 0 Å². The number of para-hydroxylation sites is 1. The Hall–Kier alpha value is -2.29. The standard InChI is InChI=1S/C16H16N2O/c1-10-7-8-14(19)12(9-10)16-17-13-6-4-5-11(2)15(13)18(16)3/h4-9,19H,1-3H3. The fraction of sp³-hybridized carbons (Fsp3) is 0.188. The summed E-state index contributed by atoms with van der Waals surface area (Å²) in [5.41, 5.74) is 5.14. The second kappa shape index (κ2) is 4.12. The first-order valence-electron chi connectivity index (χ1n) is 6.30. The zero-order chi connectivity index (χ0) is 13.6. The first kappa shape index (κ1) is 11.8. The van der Waals surface area contributed by atoms with Crippen LogP contribution in [0.2, 0.25) is 0 Å². The Morgan fingerprint density at radius 1 is 1.11 bits per heavy atom. The monoisotopic (exact) mass is 252 g/mol. The average Bonchev–Trinajstić information content (AvgIpc) is 2.71. The maximum absolute atomic E-state index is 10.1. The number of fused-ring (bicyclic) bond motifs is 1. The van der Waals surface area contributed by atoms with Gasteiger partial charge in [-0.3, -0.25) is 0 Å². The van der Waals surface area contributed by atoms with Gasteiger partial charge in [-0.25, -0.2) is 4.98 Å². The number of phenols is 1. The molecule has 0 saturated carbocycles. The molecule has 0 atom stereocenters. The lowest BCUT2D eigenvalue weighted by molar-refractivity contribution is 0.476. The van der Waals surface area contributed by atoms with E-state index in [0.29, 0.717) is 0 Å². The molecule has 0 amide bonds. The molecule has 3 heteroatoms. The molecule has 3 aromatic rings. The van der Waals surface area contributed by atoms with Crippen LogP contribution in [0.15, 0.2) is 36.4 Å². The number of hydrogen-bond donors (Lipinski definition) is 1. The van der Waals surface area contributed by atoms with E-state index in [1.807, 2.05) is 42.8 Å². The molecule has 0 aliphatic rings. The van der Waals surface area contributed by atoms with E-state index < -0.39 is 0 Å². The molecule has 0 fully saturated rings. The predicted octanol–water partition coefficient (Wildman–Crippen LogP) is 3.56. The van der Waals surface area contributed by atoms with E-state index in [4.69, 9.17) is 0 Å². The first-order valence-corrected chi connectivity index (χ1v) is 6.30. The molecule has 0 radical (unpaired) electrons. The summed E-state index contributed by atoms with van der Waals surface area (Å²) in [4.78, 5) is 4.65. The van der Waals surface area contributed by atoms with Gasteiger partial charge in [0.05, 0.1) is 16.6 Å². The second-order valence-electron chi connectivity index (χ2n) is 4.96. The molecule has 0 aliphatic carbocycles. The number of imidazole rings is 1. The van der Waals surface area contributed by atoms with Gasteiger partial charge < -0.3 is 9.67 Å². The number of aromatic hydroxyl groups is 1. The number of nitrogens with zero attached hydrogens (tertiary/aromatic N) is 2. The minimum absolute atomic E-state index is 0.265. The lowest BCUT2D eigenvalue weighted by atomic mass is 10.1. The number of phenolic OH excluding ortho intramolecular Hbond substituents is 1. The summed E-state index contributed by atoms with van der Waals surface area (Å²) in [6.45, 7) is 4.08. The third-order valence-electron chi connectivity index (χ3n) is 3.49. The molecule has 0 saturated heterocycles. The highest BCUT2D eigenvalue weighted by molar-refractivity contribution is 5.84. The van der Waals surface area contributed by atoms with Gasteiger partial charge in [0.15, 0.2) is 0 Å². The van der Waals surface area contributed by atoms with Crippen LogP contribution in [0.1, 0.15) is 11.1 Å². The fourth-order valence-corrected chi connectivity index (χ4v) is 2.53. The van der Waals surface area contributed by atoms with Crippen LogP contribution in [0, 0.1) is 13.8 Å². The van der Waals surface area contributed by atoms with Crippen molar-refractivity contribution in [2.75, 3.05) is 0 Å². The van der Waals surface area contributed by atoms with Gasteiger partial charge >= 0.3 is 0 Å². The van der Waals surface area contributed by atoms with E-state index in [1.165, 1.54) is 5.56 Å². The maximum atomic E-state index is 10.1. The summed E-state index contributed by atoms with van der Waals surface area (Å²) in [6.07, 6.45) is 0. The molecule has 96 valence electrons. The quantitative estimate of drug-likeness (QED) is 0.719. The molecule has 0 bridgehead atoms. The van der Waals surface area contributed by atoms with Crippen molar-refractivity contribution < 1.29 is 5.11 Å². The molecular formula is C16H16N2O. The highest BCUT2D eigenvalue weighted by atomic mass is 16.3. The van der Waals surface area contributed by atoms with Crippen LogP contribution in [0.4, 0.5) is 0 Å². The van der Waals surface area contributed by atoms with Gasteiger partial charge in [0.25, 0.3) is 0 Å². The summed E-state index contributed by atoms with van der Waals surface area (Å²) >= 11 is 0. The molecule has 1 aromatic heterocycles. The highest BCUT2D eigenvalue weighted by Crippen LogP contribution is 2.32. The predicted molar refractivity (Wildman–Crippen MR) is 77.3 cm³/mol. The summed E-state index contributed by atoms with van der Waals surface area (Å²) < 4.78 is 2.04. The highest BCUT2D eigenvalue weighted by Gasteiger charge is 2.14. The molecule has 1 heterocycles. The zero-order valence-corrected chi connectivity index (χ0v) is 11.3. The summed E-state index contributed by atoms with van der Waals surface area (Å²) in [7, 11) is 1.99. The summed E-state index contributed by atoms with van der Waals surface area (Å²) in [5.74, 6) is 1.06. The number of rotatable bonds is 1. The van der Waals surface area contributed by atoms with Crippen molar-refractivity contribution in [3.8, 4) is 17.1 Å². The van der Waals surface area contributed by atoms with Crippen LogP contribution in [-0.4, -0.2) is 14.7 Å². The average molecular weight is 252 g/mol. The van der Waals surface area contributed by atoms with Gasteiger partial charge in [-0.15, -0.1) is 0 Å². The molecule has 3 rings (SSSR count). The molecule has 3 nitrogen and oxygen atoms in total. The Morgan fingerprint density at radius 3 is 2.63 bits per heavy atom. The van der Waals surface area contributed by atoms with E-state index in [2.05, 4.69) is 18.0 Å². The zero-order valence-electron chi connectivity index (χ0n) is 11.3. The summed E-state index contributed by atoms with van der Waals surface area (Å²) in [6, 6.07) is 11.7. The minimum Gasteiger partial charge on any atom is -0.507 e. The smallest absolute Gasteiger partial charge is 0.144 e. The van der Waals surface area contributed by atoms with Crippen molar-refractivity contribution in [3.05, 3.63) is 47.5 Å². The van der Waals surface area contributed by atoms with E-state index in [9.17, 15) is 5.11 Å². The fourth-order valence-electron chi connectivity index (χ4n) is 2.53. The number of hydrogen-bond acceptors (Lipinski definition) is 2. The number of benzene rings is 2. The first-order chi connectivity index (χ1) is 9.08. The minimum atomic E-state index is 0.265. The molecule has 1 N–H and O–H groups in total. The lowest BCUT2D eigenvalue weighted by Crippen LogP contribution is -1.94. The van der Waals surface area contributed by atoms with Gasteiger partial charge in [0.2, 0.25) is 0 Å². The third kappa shape index (κ3) is 1.78. The van der Waals surface area contributed by atoms with Crippen LogP contribution in [0.5, 0.6) is 5.75 Å². The van der Waals surface area contributed by atoms with Crippen LogP contribution in [0.25, 0.3) is 22.4 Å². The molecule has 0 aliphatic heterocycles. The summed E-state index contributed by atoms with van der Waals surface area (Å²) in [5, 5.41) is 10.1. The van der Waals surface area contributed by atoms with Gasteiger partial charge in [-0.1, -0.05) is 23.8 Å². The van der Waals surface area contributed by atoms with Crippen molar-refractivity contribution in [2.45, 2.75) is 13.8 Å². The number of aromatic nitrogens is 2. The molecular weight excluding hydrogens is 236 g/mol. The van der Waals surface area contributed by atoms with Crippen LogP contribution in [-0.2, 0) is 7.05 Å². The molecule has 0 spiro atoms. The van der Waals surface area contributed by atoms with Crippen LogP contribution >= 0.6 is 0 Å². The van der Waals surface area contributed by atoms with Crippen molar-refractivity contribution >= 4 is 11.0 Å². The topological polar surface area (TPSA) is 38.1 Å². The Kier molecular flexibility index (Phi) is 2.56. The van der Waals surface area contributed by atoms with Crippen LogP contribution < -0.4 is 0 Å². The number of aryl methyl sites for hydroxylation is 3. The van der Waals surface area contributed by atoms with E-state index >= 15 is 0 Å². The van der Waals surface area contributed by atoms with E-state index in [0.717, 1.165) is 28.0 Å². The van der Waals surface area contributed by atoms with Gasteiger partial charge in [-0.2, -0.15) is 0 Å². The van der Waals surface area contributed by atoms with Gasteiger partial charge in [0.1, 0.15) is 11.6 Å². The van der Waals surface area contributed by atoms with Gasteiger partial charge in [-0.05, 0) is 37.6 Å². The van der Waals surface area contributed by atoms with E-state index in [-0.39, 0.29) is 5.75 Å². The largest absolute Gasteiger partial charge is 0.507 e. The second-order valence-corrected chi connectivity index (χ2v) is 4.96. The lowest BCUT2D eigenvalue weighted by Gasteiger charge is -2.06. The maximum Gasteiger partial charge on any atom is 0.144 e. The van der Waals surface area contributed by atoms with E-state index in [1.54, 1.807) is 6.07 Å². The SMILES string of the molecule is Cc1ccc(O)c(-c2nc3cccc(C)c3n2C)c1. The Labute approximate surface area is 112 Å². The normalized spacial score (nSPS) is 11.1. The molecule has 2 aromatic carbocycles. The van der Waals surface area contributed by atoms with Crippen molar-refractivity contribution in [2.24, 2.45) is 7.05 Å². The Balaban J connectivity index is 2.34. The molecule has 0 unspecified atom stereocenters. The molecule has 19 heavy (non-hydrogen) atoms. The van der Waals surface area contributed by atoms with Crippen molar-refractivity contribution in [1.82, 2.24) is 9.55 Å². The Morgan fingerprint density at radius 2 is 1.89 bits per heavy atom. The van der Waals surface area contributed by atoms with Gasteiger partial charge in [0, 0.05) is 7.05 Å². The van der Waals surface area contributed by atoms with Crippen molar-refractivity contribution in [1.29, 1.82) is 0 Å². The Bertz CT molecular complexity index is 772.